The first kappa shape index (κ1) is 28.7. The van der Waals surface area contributed by atoms with Gasteiger partial charge in [-0.25, -0.2) is 0 Å². The lowest BCUT2D eigenvalue weighted by Crippen LogP contribution is -2.54. The average Bonchev–Trinajstić information content (AvgIpc) is 3.56. The molecular formula is C33H49N7S. The second kappa shape index (κ2) is 10.7. The van der Waals surface area contributed by atoms with Crippen LogP contribution in [0.4, 0.5) is 22.3 Å². The molecule has 2 aromatic heterocycles. The summed E-state index contributed by atoms with van der Waals surface area (Å²) < 4.78 is 0. The summed E-state index contributed by atoms with van der Waals surface area (Å²) in [6.07, 6.45) is 14.5. The molecule has 0 amide bonds. The fourth-order valence-electron chi connectivity index (χ4n) is 10.4. The summed E-state index contributed by atoms with van der Waals surface area (Å²) >= 11 is 1.65. The van der Waals surface area contributed by atoms with Crippen LogP contribution in [0.15, 0.2) is 10.2 Å². The van der Waals surface area contributed by atoms with E-state index in [-0.39, 0.29) is 5.82 Å². The van der Waals surface area contributed by atoms with Crippen LogP contribution in [-0.2, 0) is 12.8 Å². The Morgan fingerprint density at radius 1 is 1.05 bits per heavy atom. The van der Waals surface area contributed by atoms with Gasteiger partial charge in [-0.1, -0.05) is 53.9 Å². The summed E-state index contributed by atoms with van der Waals surface area (Å²) in [5, 5.41) is 26.1. The third kappa shape index (κ3) is 4.71. The Balaban J connectivity index is 1.22. The monoisotopic (exact) mass is 575 g/mol. The predicted octanol–water partition coefficient (Wildman–Crippen LogP) is 8.96. The van der Waals surface area contributed by atoms with Crippen molar-refractivity contribution in [3.05, 3.63) is 16.0 Å². The number of H-pyrrole nitrogens is 1. The molecule has 0 aliphatic heterocycles. The molecule has 0 spiro atoms. The predicted molar refractivity (Wildman–Crippen MR) is 167 cm³/mol. The third-order valence-corrected chi connectivity index (χ3v) is 13.6. The molecule has 0 saturated heterocycles. The summed E-state index contributed by atoms with van der Waals surface area (Å²) in [6.45, 7) is 12.6. The summed E-state index contributed by atoms with van der Waals surface area (Å²) in [7, 11) is 0. The lowest BCUT2D eigenvalue weighted by Gasteiger charge is -2.60. The number of nitrogens with zero attached hydrogens (tertiary/aromatic N) is 4. The number of azo groups is 1. The van der Waals surface area contributed by atoms with Crippen LogP contribution >= 0.6 is 11.3 Å². The molecule has 4 aliphatic carbocycles. The highest BCUT2D eigenvalue weighted by Gasteiger charge is 2.60. The molecule has 2 heterocycles. The molecule has 0 unspecified atom stereocenters. The number of aromatic amines is 1. The van der Waals surface area contributed by atoms with Gasteiger partial charge in [-0.2, -0.15) is 10.4 Å². The molecule has 8 atom stereocenters. The Hall–Kier alpha value is -2.40. The van der Waals surface area contributed by atoms with E-state index in [1.807, 2.05) is 0 Å². The van der Waals surface area contributed by atoms with Crippen LogP contribution in [0.1, 0.15) is 108 Å². The number of nitriles is 1. The quantitative estimate of drug-likeness (QED) is 0.284. The molecule has 0 aromatic carbocycles. The van der Waals surface area contributed by atoms with Crippen LogP contribution in [0.3, 0.4) is 0 Å². The van der Waals surface area contributed by atoms with E-state index >= 15 is 0 Å². The normalized spacial score (nSPS) is 35.1. The largest absolute Gasteiger partial charge is 0.382 e. The molecule has 8 heteroatoms. The Bertz CT molecular complexity index is 1330. The Labute approximate surface area is 250 Å². The first-order valence-corrected chi connectivity index (χ1v) is 16.9. The Morgan fingerprint density at radius 3 is 2.54 bits per heavy atom. The van der Waals surface area contributed by atoms with E-state index in [0.29, 0.717) is 38.8 Å². The van der Waals surface area contributed by atoms with Crippen molar-refractivity contribution < 1.29 is 0 Å². The number of thiophene rings is 1. The summed E-state index contributed by atoms with van der Waals surface area (Å²) in [5.74, 6) is 6.23. The molecular weight excluding hydrogens is 526 g/mol. The zero-order valence-electron chi connectivity index (χ0n) is 25.7. The minimum Gasteiger partial charge on any atom is -0.382 e. The van der Waals surface area contributed by atoms with Gasteiger partial charge in [0, 0.05) is 4.88 Å². The molecule has 41 heavy (non-hydrogen) atoms. The number of anilines is 2. The van der Waals surface area contributed by atoms with Crippen LogP contribution in [0.5, 0.6) is 0 Å². The molecule has 0 bridgehead atoms. The van der Waals surface area contributed by atoms with Gasteiger partial charge in [0.25, 0.3) is 0 Å². The van der Waals surface area contributed by atoms with E-state index < -0.39 is 0 Å². The van der Waals surface area contributed by atoms with Crippen molar-refractivity contribution in [2.45, 2.75) is 105 Å². The number of nitrogen functional groups attached to an aromatic ring is 2. The summed E-state index contributed by atoms with van der Waals surface area (Å²) in [6, 6.07) is 2.47. The maximum absolute atomic E-state index is 10.1. The molecule has 5 N–H and O–H groups in total. The first-order chi connectivity index (χ1) is 19.6. The number of aromatic nitrogens is 2. The molecule has 2 aromatic rings. The Kier molecular flexibility index (Phi) is 7.49. The number of hydrogen-bond donors (Lipinski definition) is 3. The van der Waals surface area contributed by atoms with E-state index in [4.69, 9.17) is 11.5 Å². The minimum atomic E-state index is 0.221. The van der Waals surface area contributed by atoms with Crippen molar-refractivity contribution in [3.63, 3.8) is 0 Å². The summed E-state index contributed by atoms with van der Waals surface area (Å²) in [5.41, 5.74) is 14.9. The van der Waals surface area contributed by atoms with Crippen molar-refractivity contribution in [1.29, 1.82) is 5.26 Å². The van der Waals surface area contributed by atoms with Crippen molar-refractivity contribution in [3.8, 4) is 6.07 Å². The van der Waals surface area contributed by atoms with Crippen molar-refractivity contribution in [2.75, 3.05) is 11.5 Å². The van der Waals surface area contributed by atoms with Crippen LogP contribution in [-0.4, -0.2) is 10.2 Å². The van der Waals surface area contributed by atoms with E-state index in [2.05, 4.69) is 61.1 Å². The molecule has 4 aliphatic rings. The molecule has 6 rings (SSSR count). The number of nitrogens with two attached hydrogens (primary N) is 2. The smallest absolute Gasteiger partial charge is 0.175 e. The standard InChI is InChI=1S/C33H49N7S/c1-18(2)7-6-8-19(3)24-11-12-25-21-10-9-20-15-22-23(17-34)31(40-37-28-29(35)38-39-30(28)36)41-27(22)16-33(20,5)26(21)13-14-32(24,25)4/h18-21,24-26H,6-16H2,1-5H3,(H5,35,36,38,39)/t19-,20+,21+,24-,25+,26+,32-,33+/m1/s1. The number of rotatable bonds is 7. The number of hydrogen-bond acceptors (Lipinski definition) is 7. The minimum absolute atomic E-state index is 0.221. The van der Waals surface area contributed by atoms with Gasteiger partial charge in [0.05, 0.1) is 5.56 Å². The topological polar surface area (TPSA) is 129 Å². The maximum atomic E-state index is 10.1. The summed E-state index contributed by atoms with van der Waals surface area (Å²) in [4.78, 5) is 1.35. The van der Waals surface area contributed by atoms with Gasteiger partial charge in [-0.3, -0.25) is 5.10 Å². The van der Waals surface area contributed by atoms with Gasteiger partial charge in [0.1, 0.15) is 11.9 Å². The third-order valence-electron chi connectivity index (χ3n) is 12.5. The van der Waals surface area contributed by atoms with Crippen molar-refractivity contribution in [2.24, 2.45) is 62.5 Å². The van der Waals surface area contributed by atoms with E-state index in [0.717, 1.165) is 48.3 Å². The van der Waals surface area contributed by atoms with Gasteiger partial charge >= 0.3 is 0 Å². The van der Waals surface area contributed by atoms with E-state index in [1.54, 1.807) is 11.3 Å². The highest BCUT2D eigenvalue weighted by Crippen LogP contribution is 2.68. The number of fused-ring (bicyclic) bond motifs is 6. The van der Waals surface area contributed by atoms with Crippen LogP contribution in [0.2, 0.25) is 0 Å². The fourth-order valence-corrected chi connectivity index (χ4v) is 11.6. The van der Waals surface area contributed by atoms with Gasteiger partial charge in [0.2, 0.25) is 0 Å². The highest BCUT2D eigenvalue weighted by molar-refractivity contribution is 7.16. The second-order valence-corrected chi connectivity index (χ2v) is 16.0. The van der Waals surface area contributed by atoms with Gasteiger partial charge in [-0.05, 0) is 109 Å². The maximum Gasteiger partial charge on any atom is 0.175 e. The zero-order chi connectivity index (χ0) is 29.1. The molecule has 222 valence electrons. The van der Waals surface area contributed by atoms with E-state index in [9.17, 15) is 5.26 Å². The van der Waals surface area contributed by atoms with Crippen molar-refractivity contribution >= 4 is 33.7 Å². The number of nitrogens with one attached hydrogen (secondary N) is 1. The SMILES string of the molecule is CC(C)CCC[C@@H](C)[C@H]1CC[C@H]2[C@@H]3CC[C@H]4Cc5c(sc(N=Nc6c(N)n[nH]c6N)c5C#N)C[C@]4(C)[C@H]3CC[C@]12C. The van der Waals surface area contributed by atoms with Crippen LogP contribution in [0.25, 0.3) is 0 Å². The second-order valence-electron chi connectivity index (χ2n) is 14.9. The van der Waals surface area contributed by atoms with Gasteiger partial charge in [-0.15, -0.1) is 21.6 Å². The molecule has 3 fully saturated rings. The molecule has 3 saturated carbocycles. The van der Waals surface area contributed by atoms with Gasteiger partial charge in [0.15, 0.2) is 16.5 Å². The van der Waals surface area contributed by atoms with Gasteiger partial charge < -0.3 is 11.5 Å². The average molecular weight is 576 g/mol. The zero-order valence-corrected chi connectivity index (χ0v) is 26.5. The lowest BCUT2D eigenvalue weighted by molar-refractivity contribution is -0.103. The fraction of sp³-hybridized carbons (Fsp3) is 0.758. The molecule has 7 nitrogen and oxygen atoms in total. The highest BCUT2D eigenvalue weighted by atomic mass is 32.1. The lowest BCUT2D eigenvalue weighted by atomic mass is 9.44. The van der Waals surface area contributed by atoms with E-state index in [1.165, 1.54) is 68.2 Å². The van der Waals surface area contributed by atoms with Crippen LogP contribution < -0.4 is 11.5 Å². The first-order valence-electron chi connectivity index (χ1n) is 16.1. The molecule has 0 radical (unpaired) electrons. The van der Waals surface area contributed by atoms with Crippen LogP contribution in [0, 0.1) is 63.6 Å². The van der Waals surface area contributed by atoms with Crippen molar-refractivity contribution in [1.82, 2.24) is 10.2 Å². The Morgan fingerprint density at radius 2 is 1.83 bits per heavy atom.